The van der Waals surface area contributed by atoms with Crippen LogP contribution in [0.4, 0.5) is 5.82 Å². The predicted octanol–water partition coefficient (Wildman–Crippen LogP) is 0.519. The highest BCUT2D eigenvalue weighted by atomic mass is 16.1. The topological polar surface area (TPSA) is 84.7 Å². The van der Waals surface area contributed by atoms with Gasteiger partial charge in [-0.3, -0.25) is 4.79 Å². The van der Waals surface area contributed by atoms with Gasteiger partial charge in [-0.2, -0.15) is 5.10 Å². The molecule has 0 radical (unpaired) electrons. The van der Waals surface area contributed by atoms with Gasteiger partial charge >= 0.3 is 0 Å². The highest BCUT2D eigenvalue weighted by Crippen LogP contribution is 2.08. The molecule has 0 bridgehead atoms. The summed E-state index contributed by atoms with van der Waals surface area (Å²) in [5.41, 5.74) is 0.929. The molecule has 2 N–H and O–H groups in total. The molecule has 19 heavy (non-hydrogen) atoms. The van der Waals surface area contributed by atoms with Crippen molar-refractivity contribution in [1.82, 2.24) is 25.1 Å². The van der Waals surface area contributed by atoms with Crippen LogP contribution in [-0.2, 0) is 4.79 Å². The van der Waals surface area contributed by atoms with Gasteiger partial charge in [0, 0.05) is 32.3 Å². The second-order valence-electron chi connectivity index (χ2n) is 4.07. The molecule has 2 heterocycles. The van der Waals surface area contributed by atoms with Crippen molar-refractivity contribution >= 4 is 11.7 Å². The fourth-order valence-electron chi connectivity index (χ4n) is 1.54. The third-order valence-corrected chi connectivity index (χ3v) is 2.41. The predicted molar refractivity (Wildman–Crippen MR) is 71.1 cm³/mol. The Kier molecular flexibility index (Phi) is 4.07. The molecule has 2 aromatic rings. The molecule has 2 aromatic heterocycles. The van der Waals surface area contributed by atoms with Crippen LogP contribution in [0.5, 0.6) is 0 Å². The zero-order valence-corrected chi connectivity index (χ0v) is 10.9. The highest BCUT2D eigenvalue weighted by molar-refractivity contribution is 5.72. The molecule has 0 saturated heterocycles. The molecule has 7 heteroatoms. The van der Waals surface area contributed by atoms with Crippen LogP contribution in [0.1, 0.15) is 12.6 Å². The Hall–Kier alpha value is -2.44. The summed E-state index contributed by atoms with van der Waals surface area (Å²) in [6.07, 6.45) is 3.33. The Morgan fingerprint density at radius 3 is 2.89 bits per heavy atom. The van der Waals surface area contributed by atoms with Crippen LogP contribution in [-0.4, -0.2) is 38.7 Å². The molecule has 0 fully saturated rings. The molecular formula is C12H16N6O. The molecular weight excluding hydrogens is 244 g/mol. The van der Waals surface area contributed by atoms with E-state index in [2.05, 4.69) is 25.7 Å². The van der Waals surface area contributed by atoms with E-state index in [1.807, 2.05) is 19.2 Å². The number of carbonyl (C=O) groups is 1. The summed E-state index contributed by atoms with van der Waals surface area (Å²) >= 11 is 0. The Morgan fingerprint density at radius 2 is 2.21 bits per heavy atom. The number of aryl methyl sites for hydroxylation is 1. The number of hydrogen-bond acceptors (Lipinski definition) is 5. The average molecular weight is 260 g/mol. The summed E-state index contributed by atoms with van der Waals surface area (Å²) in [7, 11) is 0. The SMILES string of the molecule is CC(=O)NCCNc1cc(-n2ccc(C)n2)ncn1. The number of anilines is 1. The minimum atomic E-state index is -0.0443. The zero-order valence-electron chi connectivity index (χ0n) is 10.9. The van der Waals surface area contributed by atoms with Gasteiger partial charge in [0.25, 0.3) is 0 Å². The largest absolute Gasteiger partial charge is 0.368 e. The summed E-state index contributed by atoms with van der Waals surface area (Å²) < 4.78 is 1.69. The highest BCUT2D eigenvalue weighted by Gasteiger charge is 2.02. The number of aromatic nitrogens is 4. The van der Waals surface area contributed by atoms with Gasteiger partial charge in [-0.1, -0.05) is 0 Å². The minimum absolute atomic E-state index is 0.0443. The standard InChI is InChI=1S/C12H16N6O/c1-9-3-6-18(17-9)12-7-11(15-8-16-12)14-5-4-13-10(2)19/h3,6-8H,4-5H2,1-2H3,(H,13,19)(H,14,15,16). The maximum absolute atomic E-state index is 10.7. The number of amides is 1. The van der Waals surface area contributed by atoms with Gasteiger partial charge in [0.1, 0.15) is 12.1 Å². The summed E-state index contributed by atoms with van der Waals surface area (Å²) in [5.74, 6) is 1.35. The third-order valence-electron chi connectivity index (χ3n) is 2.41. The van der Waals surface area contributed by atoms with Crippen LogP contribution in [0, 0.1) is 6.92 Å². The first-order valence-corrected chi connectivity index (χ1v) is 5.98. The number of rotatable bonds is 5. The monoisotopic (exact) mass is 260 g/mol. The molecule has 0 unspecified atom stereocenters. The minimum Gasteiger partial charge on any atom is -0.368 e. The molecule has 1 amide bonds. The molecule has 0 spiro atoms. The molecule has 7 nitrogen and oxygen atoms in total. The van der Waals surface area contributed by atoms with E-state index in [-0.39, 0.29) is 5.91 Å². The van der Waals surface area contributed by atoms with Gasteiger partial charge < -0.3 is 10.6 Å². The lowest BCUT2D eigenvalue weighted by molar-refractivity contribution is -0.118. The first-order chi connectivity index (χ1) is 9.15. The van der Waals surface area contributed by atoms with Crippen molar-refractivity contribution in [2.24, 2.45) is 0 Å². The first kappa shape index (κ1) is 13.0. The lowest BCUT2D eigenvalue weighted by Crippen LogP contribution is -2.26. The third kappa shape index (κ3) is 3.77. The van der Waals surface area contributed by atoms with Crippen LogP contribution in [0.3, 0.4) is 0 Å². The molecule has 0 aliphatic heterocycles. The van der Waals surface area contributed by atoms with Gasteiger partial charge in [-0.05, 0) is 13.0 Å². The quantitative estimate of drug-likeness (QED) is 0.765. The zero-order chi connectivity index (χ0) is 13.7. The van der Waals surface area contributed by atoms with Crippen molar-refractivity contribution in [3.05, 3.63) is 30.4 Å². The summed E-state index contributed by atoms with van der Waals surface area (Å²) in [6, 6.07) is 3.71. The van der Waals surface area contributed by atoms with E-state index in [0.717, 1.165) is 5.69 Å². The van der Waals surface area contributed by atoms with Crippen LogP contribution < -0.4 is 10.6 Å². The van der Waals surface area contributed by atoms with Crippen molar-refractivity contribution in [2.45, 2.75) is 13.8 Å². The summed E-state index contributed by atoms with van der Waals surface area (Å²) in [6.45, 7) is 4.57. The first-order valence-electron chi connectivity index (χ1n) is 5.98. The Labute approximate surface area is 111 Å². The fraction of sp³-hybridized carbons (Fsp3) is 0.333. The van der Waals surface area contributed by atoms with Gasteiger partial charge in [-0.15, -0.1) is 0 Å². The van der Waals surface area contributed by atoms with E-state index in [1.165, 1.54) is 13.3 Å². The average Bonchev–Trinajstić information content (AvgIpc) is 2.82. The van der Waals surface area contributed by atoms with Crippen LogP contribution in [0.25, 0.3) is 5.82 Å². The Bertz CT molecular complexity index is 565. The van der Waals surface area contributed by atoms with E-state index in [9.17, 15) is 4.79 Å². The lowest BCUT2D eigenvalue weighted by atomic mass is 10.5. The van der Waals surface area contributed by atoms with Crippen LogP contribution in [0.2, 0.25) is 0 Å². The Morgan fingerprint density at radius 1 is 1.37 bits per heavy atom. The van der Waals surface area contributed by atoms with Crippen molar-refractivity contribution in [3.8, 4) is 5.82 Å². The van der Waals surface area contributed by atoms with E-state index < -0.39 is 0 Å². The fourth-order valence-corrected chi connectivity index (χ4v) is 1.54. The molecule has 0 aromatic carbocycles. The molecule has 2 rings (SSSR count). The second-order valence-corrected chi connectivity index (χ2v) is 4.07. The van der Waals surface area contributed by atoms with E-state index in [1.54, 1.807) is 10.7 Å². The normalized spacial score (nSPS) is 10.2. The van der Waals surface area contributed by atoms with Crippen LogP contribution >= 0.6 is 0 Å². The molecule has 0 atom stereocenters. The summed E-state index contributed by atoms with van der Waals surface area (Å²) in [4.78, 5) is 19.0. The smallest absolute Gasteiger partial charge is 0.216 e. The van der Waals surface area contributed by atoms with Gasteiger partial charge in [0.05, 0.1) is 5.69 Å². The van der Waals surface area contributed by atoms with Crippen LogP contribution in [0.15, 0.2) is 24.7 Å². The Balaban J connectivity index is 1.97. The maximum Gasteiger partial charge on any atom is 0.216 e. The summed E-state index contributed by atoms with van der Waals surface area (Å²) in [5, 5.41) is 10.1. The lowest BCUT2D eigenvalue weighted by Gasteiger charge is -2.07. The van der Waals surface area contributed by atoms with E-state index in [4.69, 9.17) is 0 Å². The second kappa shape index (κ2) is 5.94. The van der Waals surface area contributed by atoms with Gasteiger partial charge in [0.15, 0.2) is 5.82 Å². The van der Waals surface area contributed by atoms with Crippen molar-refractivity contribution in [2.75, 3.05) is 18.4 Å². The number of nitrogens with zero attached hydrogens (tertiary/aromatic N) is 4. The van der Waals surface area contributed by atoms with Crippen molar-refractivity contribution < 1.29 is 4.79 Å². The van der Waals surface area contributed by atoms with E-state index in [0.29, 0.717) is 24.7 Å². The van der Waals surface area contributed by atoms with Crippen molar-refractivity contribution in [1.29, 1.82) is 0 Å². The molecule has 100 valence electrons. The maximum atomic E-state index is 10.7. The number of nitrogens with one attached hydrogen (secondary N) is 2. The number of carbonyl (C=O) groups excluding carboxylic acids is 1. The number of hydrogen-bond donors (Lipinski definition) is 2. The molecule has 0 saturated carbocycles. The van der Waals surface area contributed by atoms with Gasteiger partial charge in [0.2, 0.25) is 5.91 Å². The van der Waals surface area contributed by atoms with E-state index >= 15 is 0 Å². The van der Waals surface area contributed by atoms with Gasteiger partial charge in [-0.25, -0.2) is 14.6 Å². The molecule has 0 aliphatic rings. The molecule has 0 aliphatic carbocycles. The van der Waals surface area contributed by atoms with Crippen molar-refractivity contribution in [3.63, 3.8) is 0 Å².